The lowest BCUT2D eigenvalue weighted by Gasteiger charge is -2.10. The van der Waals surface area contributed by atoms with Gasteiger partial charge in [-0.1, -0.05) is 19.8 Å². The second-order valence-corrected chi connectivity index (χ2v) is 3.04. The van der Waals surface area contributed by atoms with E-state index in [2.05, 4.69) is 16.4 Å². The number of rotatable bonds is 5. The molecule has 0 aromatic carbocycles. The number of carbonyl (C=O) groups excluding carboxylic acids is 1. The summed E-state index contributed by atoms with van der Waals surface area (Å²) in [5, 5.41) is 8.09. The van der Waals surface area contributed by atoms with E-state index < -0.39 is 12.3 Å². The molecule has 0 aliphatic carbocycles. The van der Waals surface area contributed by atoms with Crippen LogP contribution in [0, 0.1) is 0 Å². The van der Waals surface area contributed by atoms with E-state index in [1.54, 1.807) is 6.92 Å². The minimum Gasteiger partial charge on any atom is -0.449 e. The Hall–Kier alpha value is -1.26. The normalized spacial score (nSPS) is 11.9. The minimum absolute atomic E-state index is 0.298. The standard InChI is InChI=1S/C9H16O5/c1-3-4-5-6-7(2)13-9(12)14-8(10)11/h7H,3-6H2,1-2H3,(H,10,11). The van der Waals surface area contributed by atoms with E-state index in [-0.39, 0.29) is 6.10 Å². The molecule has 0 bridgehead atoms. The summed E-state index contributed by atoms with van der Waals surface area (Å²) in [5.41, 5.74) is 0. The molecule has 1 atom stereocenters. The minimum atomic E-state index is -1.64. The predicted molar refractivity (Wildman–Crippen MR) is 49.2 cm³/mol. The van der Waals surface area contributed by atoms with Crippen molar-refractivity contribution in [3.05, 3.63) is 0 Å². The zero-order chi connectivity index (χ0) is 11.0. The number of hydrogen-bond donors (Lipinski definition) is 1. The molecular weight excluding hydrogens is 188 g/mol. The van der Waals surface area contributed by atoms with Crippen LogP contribution in [0.2, 0.25) is 0 Å². The molecule has 0 saturated heterocycles. The molecule has 0 heterocycles. The maximum atomic E-state index is 10.7. The molecule has 0 saturated carbocycles. The molecular formula is C9H16O5. The van der Waals surface area contributed by atoms with Crippen molar-refractivity contribution in [1.82, 2.24) is 0 Å². The third kappa shape index (κ3) is 7.39. The molecule has 0 aliphatic rings. The van der Waals surface area contributed by atoms with Crippen LogP contribution >= 0.6 is 0 Å². The summed E-state index contributed by atoms with van der Waals surface area (Å²) >= 11 is 0. The summed E-state index contributed by atoms with van der Waals surface area (Å²) in [7, 11) is 0. The molecule has 0 aromatic rings. The lowest BCUT2D eigenvalue weighted by atomic mass is 10.1. The number of unbranched alkanes of at least 4 members (excludes halogenated alkanes) is 2. The summed E-state index contributed by atoms with van der Waals surface area (Å²) in [6.07, 6.45) is 0.750. The van der Waals surface area contributed by atoms with Crippen molar-refractivity contribution >= 4 is 12.3 Å². The first-order valence-corrected chi connectivity index (χ1v) is 4.67. The zero-order valence-electron chi connectivity index (χ0n) is 8.49. The maximum Gasteiger partial charge on any atom is 0.518 e. The van der Waals surface area contributed by atoms with Crippen molar-refractivity contribution in [2.75, 3.05) is 0 Å². The fraction of sp³-hybridized carbons (Fsp3) is 0.778. The van der Waals surface area contributed by atoms with Crippen molar-refractivity contribution in [1.29, 1.82) is 0 Å². The molecule has 0 aliphatic heterocycles. The number of carbonyl (C=O) groups is 2. The van der Waals surface area contributed by atoms with Gasteiger partial charge in [-0.05, 0) is 19.8 Å². The quantitative estimate of drug-likeness (QED) is 0.423. The van der Waals surface area contributed by atoms with E-state index in [9.17, 15) is 9.59 Å². The van der Waals surface area contributed by atoms with Crippen molar-refractivity contribution in [3.63, 3.8) is 0 Å². The van der Waals surface area contributed by atoms with Crippen LogP contribution in [0.3, 0.4) is 0 Å². The highest BCUT2D eigenvalue weighted by Gasteiger charge is 2.13. The Morgan fingerprint density at radius 1 is 1.36 bits per heavy atom. The lowest BCUT2D eigenvalue weighted by Crippen LogP contribution is -2.18. The van der Waals surface area contributed by atoms with Crippen molar-refractivity contribution < 1.29 is 24.2 Å². The first kappa shape index (κ1) is 12.7. The van der Waals surface area contributed by atoms with Gasteiger partial charge in [-0.15, -0.1) is 0 Å². The van der Waals surface area contributed by atoms with Crippen LogP contribution in [0.1, 0.15) is 39.5 Å². The predicted octanol–water partition coefficient (Wildman–Crippen LogP) is 2.79. The Balaban J connectivity index is 3.55. The monoisotopic (exact) mass is 204 g/mol. The van der Waals surface area contributed by atoms with Crippen molar-refractivity contribution in [2.24, 2.45) is 0 Å². The Labute approximate surface area is 83.0 Å². The van der Waals surface area contributed by atoms with Gasteiger partial charge < -0.3 is 14.6 Å². The highest BCUT2D eigenvalue weighted by Crippen LogP contribution is 2.06. The first-order chi connectivity index (χ1) is 6.56. The van der Waals surface area contributed by atoms with Gasteiger partial charge in [0.15, 0.2) is 0 Å². The molecule has 82 valence electrons. The summed E-state index contributed by atoms with van der Waals surface area (Å²) in [5.74, 6) is 0. The average Bonchev–Trinajstić information content (AvgIpc) is 2.02. The molecule has 0 aromatic heterocycles. The fourth-order valence-electron chi connectivity index (χ4n) is 1.00. The smallest absolute Gasteiger partial charge is 0.449 e. The number of hydrogen-bond acceptors (Lipinski definition) is 4. The van der Waals surface area contributed by atoms with Gasteiger partial charge in [0.1, 0.15) is 6.10 Å². The van der Waals surface area contributed by atoms with Crippen LogP contribution in [0.4, 0.5) is 9.59 Å². The fourth-order valence-corrected chi connectivity index (χ4v) is 1.00. The van der Waals surface area contributed by atoms with Gasteiger partial charge in [0.25, 0.3) is 0 Å². The Morgan fingerprint density at radius 2 is 2.00 bits per heavy atom. The first-order valence-electron chi connectivity index (χ1n) is 4.67. The molecule has 0 fully saturated rings. The van der Waals surface area contributed by atoms with Gasteiger partial charge in [-0.25, -0.2) is 9.59 Å². The SMILES string of the molecule is CCCCCC(C)OC(=O)OC(=O)O. The highest BCUT2D eigenvalue weighted by molar-refractivity contribution is 5.75. The van der Waals surface area contributed by atoms with Crippen LogP contribution < -0.4 is 0 Å². The van der Waals surface area contributed by atoms with Gasteiger partial charge in [-0.2, -0.15) is 0 Å². The third-order valence-corrected chi connectivity index (χ3v) is 1.68. The second-order valence-electron chi connectivity index (χ2n) is 3.04. The molecule has 14 heavy (non-hydrogen) atoms. The molecule has 1 N–H and O–H groups in total. The largest absolute Gasteiger partial charge is 0.518 e. The molecule has 1 unspecified atom stereocenters. The second kappa shape index (κ2) is 7.17. The maximum absolute atomic E-state index is 10.7. The van der Waals surface area contributed by atoms with Crippen molar-refractivity contribution in [2.45, 2.75) is 45.6 Å². The van der Waals surface area contributed by atoms with Crippen LogP contribution in [0.5, 0.6) is 0 Å². The van der Waals surface area contributed by atoms with Gasteiger partial charge in [0.2, 0.25) is 0 Å². The van der Waals surface area contributed by atoms with E-state index in [1.165, 1.54) is 0 Å². The lowest BCUT2D eigenvalue weighted by molar-refractivity contribution is 0.0304. The summed E-state index contributed by atoms with van der Waals surface area (Å²) in [6.45, 7) is 3.78. The third-order valence-electron chi connectivity index (χ3n) is 1.68. The Kier molecular flexibility index (Phi) is 6.53. The molecule has 0 rings (SSSR count). The molecule has 0 amide bonds. The summed E-state index contributed by atoms with van der Waals surface area (Å²) in [6, 6.07) is 0. The topological polar surface area (TPSA) is 72.8 Å². The number of ether oxygens (including phenoxy) is 2. The van der Waals surface area contributed by atoms with Gasteiger partial charge in [0, 0.05) is 0 Å². The van der Waals surface area contributed by atoms with Gasteiger partial charge in [-0.3, -0.25) is 0 Å². The van der Waals surface area contributed by atoms with E-state index in [4.69, 9.17) is 5.11 Å². The highest BCUT2D eigenvalue weighted by atomic mass is 16.8. The van der Waals surface area contributed by atoms with Crippen molar-refractivity contribution in [3.8, 4) is 0 Å². The van der Waals surface area contributed by atoms with Gasteiger partial charge in [0.05, 0.1) is 0 Å². The van der Waals surface area contributed by atoms with Gasteiger partial charge >= 0.3 is 12.3 Å². The summed E-state index contributed by atoms with van der Waals surface area (Å²) in [4.78, 5) is 20.6. The van der Waals surface area contributed by atoms with Crippen LogP contribution in [-0.2, 0) is 9.47 Å². The molecule has 5 nitrogen and oxygen atoms in total. The van der Waals surface area contributed by atoms with E-state index >= 15 is 0 Å². The zero-order valence-corrected chi connectivity index (χ0v) is 8.49. The molecule has 5 heteroatoms. The van der Waals surface area contributed by atoms with Crippen LogP contribution in [-0.4, -0.2) is 23.5 Å². The van der Waals surface area contributed by atoms with Crippen LogP contribution in [0.15, 0.2) is 0 Å². The van der Waals surface area contributed by atoms with Crippen LogP contribution in [0.25, 0.3) is 0 Å². The molecule has 0 radical (unpaired) electrons. The summed E-state index contributed by atoms with van der Waals surface area (Å²) < 4.78 is 8.45. The average molecular weight is 204 g/mol. The Morgan fingerprint density at radius 3 is 2.50 bits per heavy atom. The van der Waals surface area contributed by atoms with E-state index in [1.807, 2.05) is 0 Å². The Bertz CT molecular complexity index is 190. The van der Waals surface area contributed by atoms with E-state index in [0.717, 1.165) is 25.7 Å². The van der Waals surface area contributed by atoms with E-state index in [0.29, 0.717) is 0 Å². The number of carboxylic acid groups (broad SMARTS) is 1. The molecule has 0 spiro atoms.